The maximum Gasteiger partial charge on any atom is 0.306 e. The molecule has 1 unspecified atom stereocenters. The highest BCUT2D eigenvalue weighted by molar-refractivity contribution is 5.71. The molecule has 0 saturated carbocycles. The third-order valence-electron chi connectivity index (χ3n) is 15.8. The van der Waals surface area contributed by atoms with Gasteiger partial charge in [0.25, 0.3) is 0 Å². The molecule has 1 atom stereocenters. The first kappa shape index (κ1) is 73.2. The maximum absolute atomic E-state index is 12.9. The van der Waals surface area contributed by atoms with E-state index in [4.69, 9.17) is 14.2 Å². The number of allylic oxidation sites excluding steroid dienone is 2. The van der Waals surface area contributed by atoms with Crippen molar-refractivity contribution in [2.24, 2.45) is 0 Å². The molecule has 0 aromatic rings. The molecule has 0 aliphatic carbocycles. The second kappa shape index (κ2) is 64.7. The number of hydrogen-bond donors (Lipinski definition) is 0. The summed E-state index contributed by atoms with van der Waals surface area (Å²) in [6.45, 7) is 6.72. The van der Waals surface area contributed by atoms with Crippen LogP contribution in [0.25, 0.3) is 0 Å². The van der Waals surface area contributed by atoms with Crippen molar-refractivity contribution in [3.63, 3.8) is 0 Å². The van der Waals surface area contributed by atoms with Crippen LogP contribution < -0.4 is 0 Å². The van der Waals surface area contributed by atoms with Crippen LogP contribution in [0, 0.1) is 0 Å². The largest absolute Gasteiger partial charge is 0.462 e. The Morgan fingerprint density at radius 2 is 0.440 bits per heavy atom. The van der Waals surface area contributed by atoms with Crippen molar-refractivity contribution in [1.82, 2.24) is 0 Å². The van der Waals surface area contributed by atoms with Crippen LogP contribution in [0.5, 0.6) is 0 Å². The number of esters is 3. The molecule has 0 spiro atoms. The van der Waals surface area contributed by atoms with E-state index in [0.29, 0.717) is 19.3 Å². The predicted octanol–water partition coefficient (Wildman–Crippen LogP) is 23.2. The van der Waals surface area contributed by atoms with Crippen molar-refractivity contribution in [2.75, 3.05) is 13.2 Å². The summed E-state index contributed by atoms with van der Waals surface area (Å²) >= 11 is 0. The molecule has 75 heavy (non-hydrogen) atoms. The van der Waals surface area contributed by atoms with E-state index in [0.717, 1.165) is 64.2 Å². The van der Waals surface area contributed by atoms with Gasteiger partial charge in [0.05, 0.1) is 0 Å². The van der Waals surface area contributed by atoms with Crippen molar-refractivity contribution in [3.05, 3.63) is 12.2 Å². The fraction of sp³-hybridized carbons (Fsp3) is 0.928. The summed E-state index contributed by atoms with van der Waals surface area (Å²) in [7, 11) is 0. The first-order valence-corrected chi connectivity index (χ1v) is 34.2. The van der Waals surface area contributed by atoms with Crippen molar-refractivity contribution >= 4 is 17.9 Å². The second-order valence-electron chi connectivity index (χ2n) is 23.5. The van der Waals surface area contributed by atoms with Gasteiger partial charge in [-0.1, -0.05) is 341 Å². The summed E-state index contributed by atoms with van der Waals surface area (Å²) in [5.41, 5.74) is 0. The third kappa shape index (κ3) is 62.9. The summed E-state index contributed by atoms with van der Waals surface area (Å²) in [6.07, 6.45) is 76.6. The number of unbranched alkanes of at least 4 members (excludes halogenated alkanes) is 51. The van der Waals surface area contributed by atoms with Gasteiger partial charge < -0.3 is 14.2 Å². The van der Waals surface area contributed by atoms with Crippen LogP contribution in [0.4, 0.5) is 0 Å². The zero-order valence-electron chi connectivity index (χ0n) is 51.1. The molecule has 0 rings (SSSR count). The number of rotatable bonds is 64. The van der Waals surface area contributed by atoms with E-state index < -0.39 is 6.10 Å². The number of ether oxygens (including phenoxy) is 3. The lowest BCUT2D eigenvalue weighted by Gasteiger charge is -2.18. The molecule has 444 valence electrons. The molecular weight excluding hydrogens is 925 g/mol. The molecule has 0 heterocycles. The van der Waals surface area contributed by atoms with Crippen LogP contribution in [0.15, 0.2) is 12.2 Å². The van der Waals surface area contributed by atoms with Crippen LogP contribution in [0.2, 0.25) is 0 Å². The molecular formula is C69H132O6. The molecule has 0 N–H and O–H groups in total. The van der Waals surface area contributed by atoms with E-state index in [1.54, 1.807) is 0 Å². The lowest BCUT2D eigenvalue weighted by Crippen LogP contribution is -2.30. The Hall–Kier alpha value is -1.85. The molecule has 0 aliphatic heterocycles. The Balaban J connectivity index is 4.23. The number of hydrogen-bond acceptors (Lipinski definition) is 6. The quantitative estimate of drug-likeness (QED) is 0.0261. The molecule has 6 nitrogen and oxygen atoms in total. The smallest absolute Gasteiger partial charge is 0.306 e. The average Bonchev–Trinajstić information content (AvgIpc) is 3.41. The maximum atomic E-state index is 12.9. The minimum Gasteiger partial charge on any atom is -0.462 e. The van der Waals surface area contributed by atoms with E-state index in [9.17, 15) is 14.4 Å². The normalized spacial score (nSPS) is 12.0. The first-order valence-electron chi connectivity index (χ1n) is 34.2. The molecule has 0 aromatic heterocycles. The third-order valence-corrected chi connectivity index (χ3v) is 15.8. The molecule has 0 saturated heterocycles. The highest BCUT2D eigenvalue weighted by Crippen LogP contribution is 2.19. The Morgan fingerprint density at radius 1 is 0.253 bits per heavy atom. The van der Waals surface area contributed by atoms with Gasteiger partial charge in [0.1, 0.15) is 13.2 Å². The summed E-state index contributed by atoms with van der Waals surface area (Å²) in [6, 6.07) is 0. The summed E-state index contributed by atoms with van der Waals surface area (Å²) in [5.74, 6) is -0.841. The molecule has 0 fully saturated rings. The van der Waals surface area contributed by atoms with Crippen molar-refractivity contribution in [2.45, 2.75) is 399 Å². The second-order valence-corrected chi connectivity index (χ2v) is 23.5. The first-order chi connectivity index (χ1) is 37.0. The van der Waals surface area contributed by atoms with Gasteiger partial charge in [0.2, 0.25) is 0 Å². The highest BCUT2D eigenvalue weighted by Gasteiger charge is 2.19. The van der Waals surface area contributed by atoms with E-state index in [-0.39, 0.29) is 31.1 Å². The van der Waals surface area contributed by atoms with Gasteiger partial charge in [-0.05, 0) is 44.9 Å². The minimum absolute atomic E-state index is 0.0666. The molecule has 0 amide bonds. The van der Waals surface area contributed by atoms with E-state index in [2.05, 4.69) is 32.9 Å². The van der Waals surface area contributed by atoms with Gasteiger partial charge in [-0.15, -0.1) is 0 Å². The highest BCUT2D eigenvalue weighted by atomic mass is 16.6. The Kier molecular flexibility index (Phi) is 63.1. The van der Waals surface area contributed by atoms with Crippen LogP contribution in [-0.4, -0.2) is 37.2 Å². The topological polar surface area (TPSA) is 78.9 Å². The Labute approximate surface area is 469 Å². The van der Waals surface area contributed by atoms with Gasteiger partial charge in [0, 0.05) is 19.3 Å². The number of carbonyl (C=O) groups excluding carboxylic acids is 3. The van der Waals surface area contributed by atoms with Gasteiger partial charge in [0.15, 0.2) is 6.10 Å². The van der Waals surface area contributed by atoms with Gasteiger partial charge >= 0.3 is 17.9 Å². The van der Waals surface area contributed by atoms with Crippen molar-refractivity contribution in [3.8, 4) is 0 Å². The number of carbonyl (C=O) groups is 3. The predicted molar refractivity (Wildman–Crippen MR) is 326 cm³/mol. The van der Waals surface area contributed by atoms with Crippen molar-refractivity contribution in [1.29, 1.82) is 0 Å². The Morgan fingerprint density at radius 3 is 0.667 bits per heavy atom. The van der Waals surface area contributed by atoms with Gasteiger partial charge in [-0.2, -0.15) is 0 Å². The van der Waals surface area contributed by atoms with Crippen LogP contribution in [0.1, 0.15) is 393 Å². The Bertz CT molecular complexity index is 1170. The lowest BCUT2D eigenvalue weighted by molar-refractivity contribution is -0.167. The van der Waals surface area contributed by atoms with Crippen LogP contribution in [0.3, 0.4) is 0 Å². The van der Waals surface area contributed by atoms with Gasteiger partial charge in [-0.25, -0.2) is 0 Å². The standard InChI is InChI=1S/C69H132O6/c1-4-7-10-13-16-19-22-25-28-31-32-33-34-35-36-37-38-39-42-44-47-50-53-56-59-62-68(71)74-65-66(75-69(72)63-60-57-54-51-48-45-41-30-27-24-21-18-15-12-9-6-3)64-73-67(70)61-58-55-52-49-46-43-40-29-26-23-20-17-14-11-8-5-2/h30,41,66H,4-29,31-40,42-65H2,1-3H3/b41-30-. The monoisotopic (exact) mass is 1060 g/mol. The molecule has 6 heteroatoms. The molecule has 0 aromatic carbocycles. The van der Waals surface area contributed by atoms with Crippen molar-refractivity contribution < 1.29 is 28.6 Å². The van der Waals surface area contributed by atoms with Gasteiger partial charge in [-0.3, -0.25) is 14.4 Å². The fourth-order valence-corrected chi connectivity index (χ4v) is 10.6. The lowest BCUT2D eigenvalue weighted by atomic mass is 10.0. The van der Waals surface area contributed by atoms with E-state index >= 15 is 0 Å². The zero-order valence-corrected chi connectivity index (χ0v) is 51.1. The summed E-state index contributed by atoms with van der Waals surface area (Å²) in [5, 5.41) is 0. The molecule has 0 radical (unpaired) electrons. The molecule has 0 bridgehead atoms. The van der Waals surface area contributed by atoms with E-state index in [1.165, 1.54) is 289 Å². The summed E-state index contributed by atoms with van der Waals surface area (Å²) < 4.78 is 17.0. The molecule has 0 aliphatic rings. The summed E-state index contributed by atoms with van der Waals surface area (Å²) in [4.78, 5) is 38.4. The SMILES string of the molecule is CCCCCCCCC/C=C\CCCCCCCC(=O)OC(COC(=O)CCCCCCCCCCCCCCCCCC)COC(=O)CCCCCCCCCCCCCCCCCCCCCCCCCCC. The van der Waals surface area contributed by atoms with E-state index in [1.807, 2.05) is 0 Å². The average molecular weight is 1060 g/mol. The van der Waals surface area contributed by atoms with Crippen LogP contribution in [-0.2, 0) is 28.6 Å². The fourth-order valence-electron chi connectivity index (χ4n) is 10.6. The van der Waals surface area contributed by atoms with Crippen LogP contribution >= 0.6 is 0 Å². The zero-order chi connectivity index (χ0) is 54.3. The minimum atomic E-state index is -0.770.